The summed E-state index contributed by atoms with van der Waals surface area (Å²) in [5.41, 5.74) is 0. The van der Waals surface area contributed by atoms with Crippen LogP contribution >= 0.6 is 0 Å². The Kier molecular flexibility index (Phi) is 5.56. The van der Waals surface area contributed by atoms with E-state index in [0.29, 0.717) is 0 Å². The third-order valence-electron chi connectivity index (χ3n) is 2.14. The summed E-state index contributed by atoms with van der Waals surface area (Å²) in [6.07, 6.45) is 2.18. The molecule has 1 aliphatic heterocycles. The van der Waals surface area contributed by atoms with Crippen LogP contribution in [0.5, 0.6) is 0 Å². The van der Waals surface area contributed by atoms with Crippen molar-refractivity contribution in [1.82, 2.24) is 0 Å². The highest BCUT2D eigenvalue weighted by molar-refractivity contribution is 7.02. The average molecular weight is 279 g/mol. The summed E-state index contributed by atoms with van der Waals surface area (Å²) >= 11 is 0. The minimum absolute atomic E-state index is 0.0137. The van der Waals surface area contributed by atoms with Crippen molar-refractivity contribution >= 4 is 35.3 Å². The molecular weight excluding hydrogens is 260 g/mol. The lowest BCUT2D eigenvalue weighted by Crippen LogP contribution is -2.40. The molecule has 0 saturated carbocycles. The normalized spacial score (nSPS) is 29.0. The Morgan fingerprint density at radius 1 is 1.40 bits per heavy atom. The smallest absolute Gasteiger partial charge is 0.487 e. The van der Waals surface area contributed by atoms with Gasteiger partial charge in [-0.15, -0.1) is 0 Å². The first-order valence-corrected chi connectivity index (χ1v) is 13.8. The Morgan fingerprint density at radius 2 is 2.13 bits per heavy atom. The van der Waals surface area contributed by atoms with Gasteiger partial charge in [0.05, 0.1) is 0 Å². The zero-order chi connectivity index (χ0) is 11.3. The first-order chi connectivity index (χ1) is 6.99. The Labute approximate surface area is 97.8 Å². The standard InChI is InChI=1S/C7H18O4Si4/c1-13-7-5-4-6-9-15(2,3)10-12-14(8)11-13/h13H,4-7H2,1-3H3. The number of hydrogen-bond acceptors (Lipinski definition) is 4. The van der Waals surface area contributed by atoms with Crippen LogP contribution in [0.25, 0.3) is 0 Å². The summed E-state index contributed by atoms with van der Waals surface area (Å²) in [6.45, 7) is 6.86. The van der Waals surface area contributed by atoms with Gasteiger partial charge in [-0.3, -0.25) is 0 Å². The molecule has 1 aliphatic rings. The SMILES string of the molecule is C[SiH]1CCCCO[Si](C)(C)O[Si][Si](=O)O1. The monoisotopic (exact) mass is 278 g/mol. The van der Waals surface area contributed by atoms with Crippen LogP contribution in [-0.2, 0) is 17.1 Å². The van der Waals surface area contributed by atoms with Crippen molar-refractivity contribution in [2.45, 2.75) is 38.5 Å². The molecular formula is C7H18O4Si4. The molecule has 1 atom stereocenters. The van der Waals surface area contributed by atoms with Crippen LogP contribution in [0.2, 0.25) is 25.7 Å². The van der Waals surface area contributed by atoms with Crippen molar-refractivity contribution in [2.24, 2.45) is 0 Å². The quantitative estimate of drug-likeness (QED) is 0.618. The van der Waals surface area contributed by atoms with E-state index in [0.717, 1.165) is 25.5 Å². The van der Waals surface area contributed by atoms with Gasteiger partial charge in [0.2, 0.25) is 9.04 Å². The maximum Gasteiger partial charge on any atom is 0.487 e. The van der Waals surface area contributed by atoms with Crippen LogP contribution in [0, 0.1) is 0 Å². The van der Waals surface area contributed by atoms with E-state index < -0.39 is 26.0 Å². The first kappa shape index (κ1) is 13.5. The van der Waals surface area contributed by atoms with Crippen LogP contribution in [-0.4, -0.2) is 41.9 Å². The third-order valence-corrected chi connectivity index (χ3v) is 11.7. The maximum atomic E-state index is 11.6. The van der Waals surface area contributed by atoms with Crippen LogP contribution in [0.4, 0.5) is 0 Å². The van der Waals surface area contributed by atoms with Gasteiger partial charge in [0.15, 0.2) is 0 Å². The maximum absolute atomic E-state index is 11.6. The molecule has 2 radical (unpaired) electrons. The van der Waals surface area contributed by atoms with Gasteiger partial charge in [-0.25, -0.2) is 0 Å². The molecule has 0 bridgehead atoms. The molecule has 1 unspecified atom stereocenters. The fourth-order valence-corrected chi connectivity index (χ4v) is 11.7. The summed E-state index contributed by atoms with van der Waals surface area (Å²) in [6, 6.07) is 1.09. The van der Waals surface area contributed by atoms with Gasteiger partial charge in [-0.05, 0) is 32.1 Å². The predicted octanol–water partition coefficient (Wildman–Crippen LogP) is 0.920. The van der Waals surface area contributed by atoms with Crippen LogP contribution < -0.4 is 0 Å². The average Bonchev–Trinajstić information content (AvgIpc) is 2.15. The fourth-order valence-electron chi connectivity index (χ4n) is 1.31. The van der Waals surface area contributed by atoms with Crippen molar-refractivity contribution < 1.29 is 17.1 Å². The molecule has 0 aromatic rings. The Balaban J connectivity index is 2.49. The largest absolute Gasteiger partial charge is 0.583 e. The van der Waals surface area contributed by atoms with Gasteiger partial charge >= 0.3 is 26.3 Å². The Morgan fingerprint density at radius 3 is 2.87 bits per heavy atom. The molecule has 4 nitrogen and oxygen atoms in total. The highest BCUT2D eigenvalue weighted by atomic mass is 29.2. The van der Waals surface area contributed by atoms with Gasteiger partial charge in [0.1, 0.15) is 0 Å². The molecule has 0 aliphatic carbocycles. The molecule has 0 spiro atoms. The molecule has 0 amide bonds. The molecule has 0 aromatic heterocycles. The van der Waals surface area contributed by atoms with Crippen LogP contribution in [0.3, 0.4) is 0 Å². The minimum Gasteiger partial charge on any atom is -0.583 e. The lowest BCUT2D eigenvalue weighted by molar-refractivity contribution is 0.248. The van der Waals surface area contributed by atoms with Crippen molar-refractivity contribution in [1.29, 1.82) is 0 Å². The summed E-state index contributed by atoms with van der Waals surface area (Å²) in [5, 5.41) is 0. The van der Waals surface area contributed by atoms with E-state index in [-0.39, 0.29) is 9.28 Å². The van der Waals surface area contributed by atoms with E-state index in [1.165, 1.54) is 0 Å². The summed E-state index contributed by atoms with van der Waals surface area (Å²) in [7, 11) is -5.23. The van der Waals surface area contributed by atoms with Gasteiger partial charge in [-0.1, -0.05) is 6.42 Å². The molecule has 0 aromatic carbocycles. The topological polar surface area (TPSA) is 44.8 Å². The van der Waals surface area contributed by atoms with E-state index >= 15 is 0 Å². The van der Waals surface area contributed by atoms with Gasteiger partial charge in [-0.2, -0.15) is 0 Å². The Bertz CT molecular complexity index is 223. The zero-order valence-electron chi connectivity index (χ0n) is 9.54. The molecule has 1 fully saturated rings. The molecule has 8 heteroatoms. The van der Waals surface area contributed by atoms with Crippen molar-refractivity contribution in [3.63, 3.8) is 0 Å². The molecule has 1 heterocycles. The summed E-state index contributed by atoms with van der Waals surface area (Å²) in [5.74, 6) is 0. The highest BCUT2D eigenvalue weighted by Crippen LogP contribution is 2.10. The lowest BCUT2D eigenvalue weighted by Gasteiger charge is -2.21. The molecule has 1 rings (SSSR count). The third kappa shape index (κ3) is 5.87. The van der Waals surface area contributed by atoms with E-state index in [1.54, 1.807) is 0 Å². The lowest BCUT2D eigenvalue weighted by atomic mass is 10.4. The zero-order valence-corrected chi connectivity index (χ0v) is 13.7. The van der Waals surface area contributed by atoms with E-state index in [2.05, 4.69) is 6.55 Å². The summed E-state index contributed by atoms with van der Waals surface area (Å²) < 4.78 is 28.4. The molecule has 1 saturated heterocycles. The van der Waals surface area contributed by atoms with Crippen molar-refractivity contribution in [3.05, 3.63) is 0 Å². The molecule has 0 N–H and O–H groups in total. The summed E-state index contributed by atoms with van der Waals surface area (Å²) in [4.78, 5) is 0. The highest BCUT2D eigenvalue weighted by Gasteiger charge is 2.28. The van der Waals surface area contributed by atoms with E-state index in [9.17, 15) is 4.46 Å². The predicted molar refractivity (Wildman–Crippen MR) is 64.9 cm³/mol. The molecule has 15 heavy (non-hydrogen) atoms. The van der Waals surface area contributed by atoms with Crippen LogP contribution in [0.15, 0.2) is 0 Å². The second-order valence-electron chi connectivity index (χ2n) is 4.16. The second kappa shape index (κ2) is 6.20. The fraction of sp³-hybridized carbons (Fsp3) is 1.00. The first-order valence-electron chi connectivity index (χ1n) is 5.28. The number of rotatable bonds is 0. The second-order valence-corrected chi connectivity index (χ2v) is 13.8. The van der Waals surface area contributed by atoms with Gasteiger partial charge in [0.25, 0.3) is 0 Å². The van der Waals surface area contributed by atoms with E-state index in [1.807, 2.05) is 13.1 Å². The van der Waals surface area contributed by atoms with Crippen LogP contribution in [0.1, 0.15) is 12.8 Å². The van der Waals surface area contributed by atoms with Crippen molar-refractivity contribution in [2.75, 3.05) is 6.61 Å². The minimum atomic E-state index is -2.04. The van der Waals surface area contributed by atoms with Gasteiger partial charge < -0.3 is 17.1 Å². The molecule has 86 valence electrons. The van der Waals surface area contributed by atoms with E-state index in [4.69, 9.17) is 12.7 Å². The Hall–Kier alpha value is 0.388. The van der Waals surface area contributed by atoms with Gasteiger partial charge in [0, 0.05) is 6.61 Å². The van der Waals surface area contributed by atoms with Crippen molar-refractivity contribution in [3.8, 4) is 0 Å². The number of hydrogen-bond donors (Lipinski definition) is 0.